The summed E-state index contributed by atoms with van der Waals surface area (Å²) >= 11 is 0. The molecule has 0 saturated carbocycles. The molecule has 2 aliphatic heterocycles. The van der Waals surface area contributed by atoms with Crippen molar-refractivity contribution in [2.45, 2.75) is 12.3 Å². The minimum atomic E-state index is -0.218. The van der Waals surface area contributed by atoms with Crippen LogP contribution in [0, 0.1) is 11.7 Å². The lowest BCUT2D eigenvalue weighted by atomic mass is 9.81. The van der Waals surface area contributed by atoms with Crippen molar-refractivity contribution in [3.63, 3.8) is 0 Å². The summed E-state index contributed by atoms with van der Waals surface area (Å²) in [7, 11) is 0. The van der Waals surface area contributed by atoms with Gasteiger partial charge in [-0.25, -0.2) is 4.39 Å². The molecule has 2 aliphatic rings. The van der Waals surface area contributed by atoms with Crippen LogP contribution in [0.1, 0.15) is 19.3 Å². The van der Waals surface area contributed by atoms with Gasteiger partial charge in [-0.2, -0.15) is 0 Å². The molecule has 4 rings (SSSR count). The van der Waals surface area contributed by atoms with Crippen molar-refractivity contribution in [3.05, 3.63) is 53.8 Å². The Morgan fingerprint density at radius 3 is 2.92 bits per heavy atom. The fourth-order valence-corrected chi connectivity index (χ4v) is 3.35. The molecular weight excluding hydrogens is 309 g/mol. The molecule has 5 heteroatoms. The normalized spacial score (nSPS) is 23.0. The first-order chi connectivity index (χ1) is 12.2. The molecule has 2 aromatic rings. The standard InChI is InChI=1S/C19H20FNO3/c20-15-3-1-13(2-4-15)17-7-8-21-10-14(17)11-22-16-5-6-18-19(9-16)24-12-23-18/h1-6,9,14,17,21H,7-8,10-12H2/t14-,17-/m0/s1/i5T. The number of nitrogens with one attached hydrogen (secondary N) is 1. The summed E-state index contributed by atoms with van der Waals surface area (Å²) in [6, 6.07) is 10.3. The molecule has 0 unspecified atom stereocenters. The van der Waals surface area contributed by atoms with Gasteiger partial charge < -0.3 is 19.5 Å². The maximum Gasteiger partial charge on any atom is 0.231 e. The van der Waals surface area contributed by atoms with E-state index in [9.17, 15) is 4.39 Å². The van der Waals surface area contributed by atoms with Crippen LogP contribution in [-0.2, 0) is 0 Å². The summed E-state index contributed by atoms with van der Waals surface area (Å²) in [5.74, 6) is 2.04. The quantitative estimate of drug-likeness (QED) is 0.933. The number of rotatable bonds is 4. The van der Waals surface area contributed by atoms with Crippen molar-refractivity contribution in [1.82, 2.24) is 5.32 Å². The summed E-state index contributed by atoms with van der Waals surface area (Å²) in [4.78, 5) is 0. The molecule has 0 bridgehead atoms. The molecule has 0 aromatic heterocycles. The maximum atomic E-state index is 13.2. The highest BCUT2D eigenvalue weighted by Crippen LogP contribution is 2.36. The van der Waals surface area contributed by atoms with E-state index >= 15 is 0 Å². The average molecular weight is 331 g/mol. The van der Waals surface area contributed by atoms with Gasteiger partial charge >= 0.3 is 0 Å². The molecule has 4 nitrogen and oxygen atoms in total. The van der Waals surface area contributed by atoms with Gasteiger partial charge in [0.1, 0.15) is 11.6 Å². The predicted molar refractivity (Wildman–Crippen MR) is 88.2 cm³/mol. The number of hydrogen-bond donors (Lipinski definition) is 1. The first kappa shape index (κ1) is 14.1. The summed E-state index contributed by atoms with van der Waals surface area (Å²) < 4.78 is 37.8. The fraction of sp³-hybridized carbons (Fsp3) is 0.368. The van der Waals surface area contributed by atoms with Crippen molar-refractivity contribution in [2.75, 3.05) is 26.5 Å². The minimum Gasteiger partial charge on any atom is -0.493 e. The monoisotopic (exact) mass is 331 g/mol. The smallest absolute Gasteiger partial charge is 0.231 e. The first-order valence-corrected chi connectivity index (χ1v) is 8.20. The van der Waals surface area contributed by atoms with Crippen molar-refractivity contribution < 1.29 is 20.0 Å². The molecule has 0 aliphatic carbocycles. The SMILES string of the molecule is [3H]c1cc2c(cc1OC[C@@H]1CNCC[C@H]1c1ccc(F)cc1)OCO2. The number of fused-ring (bicyclic) bond motifs is 1. The van der Waals surface area contributed by atoms with Gasteiger partial charge in [0.2, 0.25) is 6.79 Å². The molecule has 2 aromatic carbocycles. The number of ether oxygens (including phenoxy) is 3. The highest BCUT2D eigenvalue weighted by atomic mass is 19.1. The number of halogens is 1. The highest BCUT2D eigenvalue weighted by Gasteiger charge is 2.27. The third-order valence-electron chi connectivity index (χ3n) is 4.64. The molecular formula is C19H20FNO3. The van der Waals surface area contributed by atoms with Gasteiger partial charge in [0, 0.05) is 18.5 Å². The third-order valence-corrected chi connectivity index (χ3v) is 4.64. The number of hydrogen-bond acceptors (Lipinski definition) is 4. The molecule has 24 heavy (non-hydrogen) atoms. The molecule has 2 atom stereocenters. The second-order valence-corrected chi connectivity index (χ2v) is 6.15. The van der Waals surface area contributed by atoms with Gasteiger partial charge in [-0.3, -0.25) is 0 Å². The van der Waals surface area contributed by atoms with Crippen LogP contribution in [0.5, 0.6) is 17.2 Å². The molecule has 0 radical (unpaired) electrons. The Morgan fingerprint density at radius 2 is 2.04 bits per heavy atom. The van der Waals surface area contributed by atoms with Crippen LogP contribution >= 0.6 is 0 Å². The van der Waals surface area contributed by atoms with Gasteiger partial charge in [-0.1, -0.05) is 12.1 Å². The van der Waals surface area contributed by atoms with E-state index in [0.717, 1.165) is 25.1 Å². The Bertz CT molecular complexity index is 753. The summed E-state index contributed by atoms with van der Waals surface area (Å²) in [6.07, 6.45) is 0.981. The second kappa shape index (κ2) is 6.69. The van der Waals surface area contributed by atoms with Gasteiger partial charge in [0.25, 0.3) is 0 Å². The van der Waals surface area contributed by atoms with Crippen LogP contribution < -0.4 is 19.5 Å². The van der Waals surface area contributed by atoms with E-state index in [1.54, 1.807) is 12.1 Å². The lowest BCUT2D eigenvalue weighted by Gasteiger charge is -2.32. The molecule has 1 N–H and O–H groups in total. The van der Waals surface area contributed by atoms with Gasteiger partial charge in [0.15, 0.2) is 11.5 Å². The summed E-state index contributed by atoms with van der Waals surface area (Å²) in [5, 5.41) is 3.39. The first-order valence-electron chi connectivity index (χ1n) is 8.70. The van der Waals surface area contributed by atoms with Crippen LogP contribution in [0.3, 0.4) is 0 Å². The van der Waals surface area contributed by atoms with E-state index in [1.807, 2.05) is 12.1 Å². The lowest BCUT2D eigenvalue weighted by Crippen LogP contribution is -2.38. The van der Waals surface area contributed by atoms with E-state index in [2.05, 4.69) is 5.32 Å². The summed E-state index contributed by atoms with van der Waals surface area (Å²) in [5.41, 5.74) is 1.13. The number of piperidine rings is 1. The molecule has 0 amide bonds. The van der Waals surface area contributed by atoms with E-state index in [4.69, 9.17) is 15.6 Å². The Morgan fingerprint density at radius 1 is 1.21 bits per heavy atom. The molecule has 1 saturated heterocycles. The van der Waals surface area contributed by atoms with Crippen molar-refractivity contribution in [3.8, 4) is 17.2 Å². The van der Waals surface area contributed by atoms with Crippen molar-refractivity contribution >= 4 is 0 Å². The summed E-state index contributed by atoms with van der Waals surface area (Å²) in [6.45, 7) is 2.43. The predicted octanol–water partition coefficient (Wildman–Crippen LogP) is 3.33. The topological polar surface area (TPSA) is 39.7 Å². The highest BCUT2D eigenvalue weighted by molar-refractivity contribution is 5.46. The molecule has 0 spiro atoms. The zero-order valence-electron chi connectivity index (χ0n) is 14.3. The van der Waals surface area contributed by atoms with Crippen LogP contribution in [0.2, 0.25) is 0 Å². The van der Waals surface area contributed by atoms with Crippen LogP contribution in [-0.4, -0.2) is 26.5 Å². The molecule has 2 heterocycles. The zero-order valence-corrected chi connectivity index (χ0v) is 13.3. The van der Waals surface area contributed by atoms with Crippen LogP contribution in [0.4, 0.5) is 4.39 Å². The Hall–Kier alpha value is -2.27. The Balaban J connectivity index is 1.48. The van der Waals surface area contributed by atoms with Gasteiger partial charge in [0.05, 0.1) is 7.98 Å². The largest absolute Gasteiger partial charge is 0.493 e. The van der Waals surface area contributed by atoms with Gasteiger partial charge in [-0.15, -0.1) is 0 Å². The Labute approximate surface area is 141 Å². The maximum absolute atomic E-state index is 13.2. The molecule has 126 valence electrons. The fourth-order valence-electron chi connectivity index (χ4n) is 3.35. The zero-order chi connectivity index (χ0) is 17.2. The van der Waals surface area contributed by atoms with Gasteiger partial charge in [-0.05, 0) is 48.7 Å². The van der Waals surface area contributed by atoms with Crippen LogP contribution in [0.25, 0.3) is 0 Å². The molecule has 1 fully saturated rings. The van der Waals surface area contributed by atoms with Crippen molar-refractivity contribution in [1.29, 1.82) is 0 Å². The Kier molecular flexibility index (Phi) is 3.93. The van der Waals surface area contributed by atoms with E-state index in [0.29, 0.717) is 29.8 Å². The second-order valence-electron chi connectivity index (χ2n) is 6.15. The van der Waals surface area contributed by atoms with E-state index < -0.39 is 0 Å². The van der Waals surface area contributed by atoms with Crippen LogP contribution in [0.15, 0.2) is 42.4 Å². The third kappa shape index (κ3) is 3.17. The average Bonchev–Trinajstić information content (AvgIpc) is 3.08. The van der Waals surface area contributed by atoms with Crippen molar-refractivity contribution in [2.24, 2.45) is 5.92 Å². The number of benzene rings is 2. The lowest BCUT2D eigenvalue weighted by molar-refractivity contribution is 0.173. The minimum absolute atomic E-state index is 0.178. The van der Waals surface area contributed by atoms with E-state index in [1.165, 1.54) is 12.1 Å². The van der Waals surface area contributed by atoms with E-state index in [-0.39, 0.29) is 24.6 Å².